The zero-order valence-electron chi connectivity index (χ0n) is 27.8. The molecule has 0 aliphatic carbocycles. The summed E-state index contributed by atoms with van der Waals surface area (Å²) in [6.45, 7) is 13.3. The highest BCUT2D eigenvalue weighted by Crippen LogP contribution is 2.39. The van der Waals surface area contributed by atoms with E-state index in [0.717, 1.165) is 11.8 Å². The van der Waals surface area contributed by atoms with Crippen molar-refractivity contribution in [3.8, 4) is 17.4 Å². The van der Waals surface area contributed by atoms with Crippen LogP contribution in [0.1, 0.15) is 57.5 Å². The molecular weight excluding hydrogens is 648 g/mol. The molecule has 15 heteroatoms. The third-order valence-electron chi connectivity index (χ3n) is 6.94. The Morgan fingerprint density at radius 1 is 0.957 bits per heavy atom. The largest absolute Gasteiger partial charge is 0.492 e. The van der Waals surface area contributed by atoms with E-state index in [0.29, 0.717) is 32.1 Å². The Bertz CT molecular complexity index is 1750. The Labute approximate surface area is 280 Å². The van der Waals surface area contributed by atoms with Gasteiger partial charge in [-0.25, -0.2) is 18.2 Å². The van der Waals surface area contributed by atoms with Gasteiger partial charge in [0.1, 0.15) is 11.4 Å². The number of carbonyl (C=O) groups excluding carboxylic acids is 2. The van der Waals surface area contributed by atoms with Crippen LogP contribution in [0.4, 0.5) is 22.1 Å². The highest BCUT2D eigenvalue weighted by atomic mass is 35.5. The molecule has 0 spiro atoms. The van der Waals surface area contributed by atoms with E-state index in [4.69, 9.17) is 25.8 Å². The lowest BCUT2D eigenvalue weighted by atomic mass is 9.86. The average molecular weight is 689 g/mol. The van der Waals surface area contributed by atoms with Crippen LogP contribution in [-0.2, 0) is 20.2 Å². The monoisotopic (exact) mass is 688 g/mol. The van der Waals surface area contributed by atoms with Gasteiger partial charge in [0.15, 0.2) is 5.75 Å². The van der Waals surface area contributed by atoms with Crippen molar-refractivity contribution in [1.82, 2.24) is 14.9 Å². The number of anilines is 3. The Morgan fingerprint density at radius 2 is 1.62 bits per heavy atom. The minimum atomic E-state index is -3.64. The SMILES string of the molecule is COc1c(NC(=O)c2ccc(Cl)c(Oc3ccnc(N4CCN(C(=O)OC(C)(C)C)CC4)n3)c2)cc(C(C)(C)C)cc1NS(C)(=O)=O. The van der Waals surface area contributed by atoms with Gasteiger partial charge in [-0.2, -0.15) is 4.98 Å². The zero-order chi connectivity index (χ0) is 34.7. The number of halogens is 1. The summed E-state index contributed by atoms with van der Waals surface area (Å²) in [6.07, 6.45) is 2.23. The Balaban J connectivity index is 1.52. The molecule has 1 aliphatic rings. The molecule has 1 fully saturated rings. The first-order chi connectivity index (χ1) is 21.8. The van der Waals surface area contributed by atoms with E-state index in [9.17, 15) is 18.0 Å². The molecule has 13 nitrogen and oxygen atoms in total. The summed E-state index contributed by atoms with van der Waals surface area (Å²) >= 11 is 6.45. The molecule has 0 bridgehead atoms. The van der Waals surface area contributed by atoms with Gasteiger partial charge in [0.2, 0.25) is 21.9 Å². The van der Waals surface area contributed by atoms with E-state index in [1.54, 1.807) is 29.3 Å². The second kappa shape index (κ2) is 13.8. The van der Waals surface area contributed by atoms with Crippen LogP contribution < -0.4 is 24.4 Å². The number of benzene rings is 2. The maximum absolute atomic E-state index is 13.5. The summed E-state index contributed by atoms with van der Waals surface area (Å²) < 4.78 is 43.6. The van der Waals surface area contributed by atoms with E-state index in [1.165, 1.54) is 25.3 Å². The van der Waals surface area contributed by atoms with Gasteiger partial charge in [-0.3, -0.25) is 9.52 Å². The number of hydrogen-bond acceptors (Lipinski definition) is 10. The lowest BCUT2D eigenvalue weighted by molar-refractivity contribution is 0.0240. The Morgan fingerprint density at radius 3 is 2.21 bits per heavy atom. The molecule has 1 aromatic heterocycles. The van der Waals surface area contributed by atoms with E-state index in [-0.39, 0.29) is 50.8 Å². The quantitative estimate of drug-likeness (QED) is 0.292. The minimum absolute atomic E-state index is 0.155. The van der Waals surface area contributed by atoms with E-state index >= 15 is 0 Å². The highest BCUT2D eigenvalue weighted by molar-refractivity contribution is 7.92. The molecule has 2 heterocycles. The predicted molar refractivity (Wildman–Crippen MR) is 182 cm³/mol. The van der Waals surface area contributed by atoms with Crippen LogP contribution >= 0.6 is 11.6 Å². The summed E-state index contributed by atoms with van der Waals surface area (Å²) in [5.41, 5.74) is 0.518. The van der Waals surface area contributed by atoms with Gasteiger partial charge < -0.3 is 29.3 Å². The number of aromatic nitrogens is 2. The van der Waals surface area contributed by atoms with Crippen molar-refractivity contribution >= 4 is 50.9 Å². The third-order valence-corrected chi connectivity index (χ3v) is 7.85. The molecule has 0 unspecified atom stereocenters. The van der Waals surface area contributed by atoms with Crippen molar-refractivity contribution in [2.75, 3.05) is 54.5 Å². The van der Waals surface area contributed by atoms with Crippen LogP contribution in [0.15, 0.2) is 42.6 Å². The van der Waals surface area contributed by atoms with Gasteiger partial charge in [-0.15, -0.1) is 0 Å². The second-order valence-corrected chi connectivity index (χ2v) is 15.2. The highest BCUT2D eigenvalue weighted by Gasteiger charge is 2.27. The summed E-state index contributed by atoms with van der Waals surface area (Å²) in [5, 5.41) is 3.09. The van der Waals surface area contributed by atoms with E-state index in [1.807, 2.05) is 46.4 Å². The number of nitrogens with one attached hydrogen (secondary N) is 2. The summed E-state index contributed by atoms with van der Waals surface area (Å²) in [7, 11) is -2.25. The van der Waals surface area contributed by atoms with Gasteiger partial charge in [-0.1, -0.05) is 32.4 Å². The molecule has 0 saturated carbocycles. The number of nitrogens with zero attached hydrogens (tertiary/aromatic N) is 4. The van der Waals surface area contributed by atoms with Crippen molar-refractivity contribution in [2.24, 2.45) is 0 Å². The molecule has 1 aliphatic heterocycles. The van der Waals surface area contributed by atoms with Gasteiger partial charge in [0.25, 0.3) is 5.91 Å². The molecule has 254 valence electrons. The number of hydrogen-bond donors (Lipinski definition) is 2. The van der Waals surface area contributed by atoms with Crippen LogP contribution in [0.2, 0.25) is 5.02 Å². The van der Waals surface area contributed by atoms with Crippen molar-refractivity contribution in [3.63, 3.8) is 0 Å². The molecule has 2 amide bonds. The third kappa shape index (κ3) is 9.61. The number of amides is 2. The van der Waals surface area contributed by atoms with Gasteiger partial charge in [0, 0.05) is 44.0 Å². The molecule has 2 N–H and O–H groups in total. The number of carbonyl (C=O) groups is 2. The zero-order valence-corrected chi connectivity index (χ0v) is 29.4. The van der Waals surface area contributed by atoms with Crippen LogP contribution in [-0.4, -0.2) is 80.4 Å². The normalized spacial score (nSPS) is 14.0. The molecule has 1 saturated heterocycles. The van der Waals surface area contributed by atoms with Gasteiger partial charge in [0.05, 0.1) is 29.8 Å². The first-order valence-corrected chi connectivity index (χ1v) is 17.1. The fraction of sp³-hybridized carbons (Fsp3) is 0.438. The maximum Gasteiger partial charge on any atom is 0.410 e. The minimum Gasteiger partial charge on any atom is -0.492 e. The Kier molecular flexibility index (Phi) is 10.5. The van der Waals surface area contributed by atoms with Crippen molar-refractivity contribution in [2.45, 2.75) is 52.6 Å². The summed E-state index contributed by atoms with van der Waals surface area (Å²) in [5.74, 6) is 0.462. The lowest BCUT2D eigenvalue weighted by Gasteiger charge is -2.35. The smallest absolute Gasteiger partial charge is 0.410 e. The van der Waals surface area contributed by atoms with Crippen LogP contribution in [0.25, 0.3) is 0 Å². The van der Waals surface area contributed by atoms with Crippen LogP contribution in [0, 0.1) is 0 Å². The maximum atomic E-state index is 13.5. The first-order valence-electron chi connectivity index (χ1n) is 14.9. The summed E-state index contributed by atoms with van der Waals surface area (Å²) in [6, 6.07) is 9.55. The molecule has 0 atom stereocenters. The van der Waals surface area contributed by atoms with Crippen LogP contribution in [0.5, 0.6) is 17.4 Å². The first kappa shape index (κ1) is 35.6. The molecular formula is C32H41ClN6O7S. The molecule has 2 aromatic carbocycles. The van der Waals surface area contributed by atoms with Crippen molar-refractivity contribution in [3.05, 3.63) is 58.7 Å². The second-order valence-electron chi connectivity index (χ2n) is 13.1. The van der Waals surface area contributed by atoms with Gasteiger partial charge >= 0.3 is 6.09 Å². The molecule has 3 aromatic rings. The van der Waals surface area contributed by atoms with Crippen LogP contribution in [0.3, 0.4) is 0 Å². The average Bonchev–Trinajstić information content (AvgIpc) is 2.96. The number of piperazine rings is 1. The summed E-state index contributed by atoms with van der Waals surface area (Å²) in [4.78, 5) is 38.4. The number of methoxy groups -OCH3 is 1. The predicted octanol–water partition coefficient (Wildman–Crippen LogP) is 5.91. The van der Waals surface area contributed by atoms with Gasteiger partial charge in [-0.05, 0) is 62.1 Å². The number of rotatable bonds is 8. The topological polar surface area (TPSA) is 152 Å². The Hall–Kier alpha value is -4.30. The fourth-order valence-electron chi connectivity index (χ4n) is 4.64. The lowest BCUT2D eigenvalue weighted by Crippen LogP contribution is -2.50. The van der Waals surface area contributed by atoms with Crippen molar-refractivity contribution in [1.29, 1.82) is 0 Å². The van der Waals surface area contributed by atoms with E-state index in [2.05, 4.69) is 20.0 Å². The number of ether oxygens (including phenoxy) is 3. The number of sulfonamides is 1. The molecule has 0 radical (unpaired) electrons. The van der Waals surface area contributed by atoms with Crippen molar-refractivity contribution < 1.29 is 32.2 Å². The van der Waals surface area contributed by atoms with E-state index < -0.39 is 21.5 Å². The molecule has 4 rings (SSSR count). The standard InChI is InChI=1S/C32H41ClN6O7S/c1-31(2,3)21-18-23(27(44-7)24(19-21)37-47(8,42)43)35-28(40)20-9-10-22(33)25(17-20)45-26-11-12-34-29(36-26)38-13-15-39(16-14-38)30(41)46-32(4,5)6/h9-12,17-19,37H,13-16H2,1-8H3,(H,35,40). The fourth-order valence-corrected chi connectivity index (χ4v) is 5.34. The molecule has 47 heavy (non-hydrogen) atoms.